The van der Waals surface area contributed by atoms with Gasteiger partial charge in [-0.3, -0.25) is 9.59 Å². The molecule has 0 fully saturated rings. The number of rotatable bonds is 28. The van der Waals surface area contributed by atoms with E-state index in [-0.39, 0.29) is 30.3 Å². The zero-order valence-electron chi connectivity index (χ0n) is 28.8. The Balaban J connectivity index is 0. The average molecular weight is 672 g/mol. The Morgan fingerprint density at radius 2 is 1.14 bits per heavy atom. The third-order valence-electron chi connectivity index (χ3n) is 6.86. The van der Waals surface area contributed by atoms with E-state index in [1.165, 1.54) is 96.8 Å². The number of ether oxygens (including phenoxy) is 2. The number of sulfone groups is 1. The number of unbranched alkanes of at least 4 members (excludes halogenated alkanes) is 15. The largest absolute Gasteiger partial charge is 0.748 e. The molecule has 0 aromatic rings. The van der Waals surface area contributed by atoms with E-state index in [2.05, 4.69) is 6.92 Å². The molecule has 0 radical (unpaired) electrons. The van der Waals surface area contributed by atoms with Crippen LogP contribution in [-0.2, 0) is 39.0 Å². The minimum atomic E-state index is -3.92. The van der Waals surface area contributed by atoms with Gasteiger partial charge in [-0.1, -0.05) is 103 Å². The first-order valence-corrected chi connectivity index (χ1v) is 20.3. The van der Waals surface area contributed by atoms with Crippen molar-refractivity contribution in [2.45, 2.75) is 136 Å². The smallest absolute Gasteiger partial charge is 0.313 e. The first kappa shape index (κ1) is 45.0. The average Bonchev–Trinajstić information content (AvgIpc) is 2.85. The molecule has 0 N–H and O–H groups in total. The summed E-state index contributed by atoms with van der Waals surface area (Å²) in [7, 11) is -1.26. The molecule has 0 amide bonds. The summed E-state index contributed by atoms with van der Waals surface area (Å²) in [6.07, 6.45) is 20.8. The van der Waals surface area contributed by atoms with E-state index in [0.717, 1.165) is 19.4 Å². The van der Waals surface area contributed by atoms with Crippen LogP contribution in [0, 0.1) is 0 Å². The number of Topliss-reactive ketones (excluding diaryl/α,β-unsaturated/α-hetero) is 1. The van der Waals surface area contributed by atoms with Crippen LogP contribution in [-0.4, -0.2) is 102 Å². The van der Waals surface area contributed by atoms with Crippen LogP contribution in [0.4, 0.5) is 0 Å². The van der Waals surface area contributed by atoms with E-state index in [0.29, 0.717) is 23.8 Å². The molecule has 0 aliphatic heterocycles. The van der Waals surface area contributed by atoms with Crippen molar-refractivity contribution in [2.75, 3.05) is 58.7 Å². The third-order valence-corrected chi connectivity index (χ3v) is 8.65. The third kappa shape index (κ3) is 40.9. The minimum Gasteiger partial charge on any atom is -0.748 e. The molecule has 0 aromatic heterocycles. The lowest BCUT2D eigenvalue weighted by Gasteiger charge is -2.24. The van der Waals surface area contributed by atoms with E-state index >= 15 is 0 Å². The quantitative estimate of drug-likeness (QED) is 0.0330. The monoisotopic (exact) mass is 671 g/mol. The number of carbonyl (C=O) groups excluding carboxylic acids is 2. The van der Waals surface area contributed by atoms with Gasteiger partial charge in [-0.25, -0.2) is 16.8 Å². The number of nitrogens with zero attached hydrogens (tertiary/aromatic N) is 1. The molecule has 0 aromatic carbocycles. The zero-order valence-corrected chi connectivity index (χ0v) is 30.4. The van der Waals surface area contributed by atoms with E-state index in [1.54, 1.807) is 0 Å². The van der Waals surface area contributed by atoms with Gasteiger partial charge in [0.1, 0.15) is 18.3 Å². The molecule has 0 saturated carbocycles. The summed E-state index contributed by atoms with van der Waals surface area (Å²) in [5, 5.41) is 0. The van der Waals surface area contributed by atoms with Crippen molar-refractivity contribution >= 4 is 31.7 Å². The van der Waals surface area contributed by atoms with Crippen LogP contribution >= 0.6 is 0 Å². The molecule has 264 valence electrons. The van der Waals surface area contributed by atoms with Gasteiger partial charge in [0, 0.05) is 19.3 Å². The number of ketones is 1. The Morgan fingerprint density at radius 1 is 0.727 bits per heavy atom. The molecule has 0 bridgehead atoms. The van der Waals surface area contributed by atoms with Gasteiger partial charge in [-0.05, 0) is 13.3 Å². The highest BCUT2D eigenvalue weighted by atomic mass is 32.2. The van der Waals surface area contributed by atoms with Crippen LogP contribution in [0.25, 0.3) is 0 Å². The fourth-order valence-corrected chi connectivity index (χ4v) is 6.11. The SMILES string of the molecule is CCCCCCCCCCCCCCCCCCOCC(CS(=O)(=O)CCC[N+](C)(C)C)OC(=O)CC(C)=O.CS(=O)(=O)[O-]. The molecule has 12 heteroatoms. The Hall–Kier alpha value is -1.08. The number of carbonyl (C=O) groups is 2. The van der Waals surface area contributed by atoms with Gasteiger partial charge in [0.05, 0.1) is 55.9 Å². The second kappa shape index (κ2) is 27.1. The van der Waals surface area contributed by atoms with Crippen molar-refractivity contribution < 1.29 is 44.9 Å². The predicted molar refractivity (Wildman–Crippen MR) is 177 cm³/mol. The lowest BCUT2D eigenvalue weighted by atomic mass is 10.0. The van der Waals surface area contributed by atoms with Crippen LogP contribution in [0.1, 0.15) is 129 Å². The van der Waals surface area contributed by atoms with E-state index in [1.807, 2.05) is 21.1 Å². The highest BCUT2D eigenvalue weighted by Gasteiger charge is 2.24. The van der Waals surface area contributed by atoms with Gasteiger partial charge in [0.25, 0.3) is 0 Å². The second-order valence-electron chi connectivity index (χ2n) is 13.1. The topological polar surface area (TPSA) is 144 Å². The van der Waals surface area contributed by atoms with E-state index in [9.17, 15) is 18.0 Å². The van der Waals surface area contributed by atoms with Crippen molar-refractivity contribution in [3.8, 4) is 0 Å². The minimum absolute atomic E-state index is 0.0386. The maximum Gasteiger partial charge on any atom is 0.313 e. The summed E-state index contributed by atoms with van der Waals surface area (Å²) in [6, 6.07) is 0. The Bertz CT molecular complexity index is 922. The highest BCUT2D eigenvalue weighted by Crippen LogP contribution is 2.14. The fourth-order valence-electron chi connectivity index (χ4n) is 4.64. The first-order chi connectivity index (χ1) is 20.4. The van der Waals surface area contributed by atoms with Crippen LogP contribution in [0.5, 0.6) is 0 Å². The Kier molecular flexibility index (Phi) is 27.7. The lowest BCUT2D eigenvalue weighted by molar-refractivity contribution is -0.870. The molecule has 44 heavy (non-hydrogen) atoms. The van der Waals surface area contributed by atoms with Gasteiger partial charge in [-0.2, -0.15) is 0 Å². The van der Waals surface area contributed by atoms with Gasteiger partial charge in [0.2, 0.25) is 0 Å². The van der Waals surface area contributed by atoms with Gasteiger partial charge < -0.3 is 18.5 Å². The van der Waals surface area contributed by atoms with Crippen LogP contribution in [0.2, 0.25) is 0 Å². The summed E-state index contributed by atoms with van der Waals surface area (Å²) in [6.45, 7) is 4.87. The molecule has 1 unspecified atom stereocenters. The molecule has 0 aliphatic rings. The summed E-state index contributed by atoms with van der Waals surface area (Å²) in [5.74, 6) is -1.23. The number of quaternary nitrogens is 1. The normalized spacial score (nSPS) is 12.8. The summed E-state index contributed by atoms with van der Waals surface area (Å²) in [4.78, 5) is 23.2. The number of hydrogen-bond acceptors (Lipinski definition) is 9. The number of hydrogen-bond donors (Lipinski definition) is 0. The first-order valence-electron chi connectivity index (χ1n) is 16.6. The summed E-state index contributed by atoms with van der Waals surface area (Å²) < 4.78 is 64.1. The molecular formula is C32H65NO9S2. The van der Waals surface area contributed by atoms with Crippen molar-refractivity contribution in [3.05, 3.63) is 0 Å². The van der Waals surface area contributed by atoms with Crippen molar-refractivity contribution in [3.63, 3.8) is 0 Å². The lowest BCUT2D eigenvalue weighted by Crippen LogP contribution is -2.37. The van der Waals surface area contributed by atoms with Crippen molar-refractivity contribution in [1.82, 2.24) is 0 Å². The molecule has 10 nitrogen and oxygen atoms in total. The zero-order chi connectivity index (χ0) is 33.9. The van der Waals surface area contributed by atoms with Crippen LogP contribution in [0.15, 0.2) is 0 Å². The summed E-state index contributed by atoms with van der Waals surface area (Å²) >= 11 is 0. The molecule has 0 saturated heterocycles. The predicted octanol–water partition coefficient (Wildman–Crippen LogP) is 5.83. The maximum atomic E-state index is 12.6. The number of esters is 1. The van der Waals surface area contributed by atoms with Crippen LogP contribution < -0.4 is 0 Å². The molecule has 0 heterocycles. The standard InChI is InChI=1S/C31H62NO6S.CH4O3S/c1-6-7-8-9-10-11-12-13-14-15-16-17-18-19-20-21-24-37-27-30(38-31(34)26-29(2)33)28-39(35,36)25-22-23-32(3,4)5;1-5(2,3)4/h30H,6-28H2,1-5H3;1H3,(H,2,3,4)/q+1;/p-1. The second-order valence-corrected chi connectivity index (χ2v) is 16.7. The van der Waals surface area contributed by atoms with Gasteiger partial charge in [-0.15, -0.1) is 0 Å². The van der Waals surface area contributed by atoms with Gasteiger partial charge in [0.15, 0.2) is 9.84 Å². The Labute approximate surface area is 270 Å². The summed E-state index contributed by atoms with van der Waals surface area (Å²) in [5.41, 5.74) is 0. The molecule has 1 atom stereocenters. The molecular weight excluding hydrogens is 606 g/mol. The van der Waals surface area contributed by atoms with E-state index in [4.69, 9.17) is 22.4 Å². The highest BCUT2D eigenvalue weighted by molar-refractivity contribution is 7.91. The van der Waals surface area contributed by atoms with E-state index < -0.39 is 32.0 Å². The molecule has 0 spiro atoms. The van der Waals surface area contributed by atoms with Crippen molar-refractivity contribution in [2.24, 2.45) is 0 Å². The Morgan fingerprint density at radius 3 is 1.52 bits per heavy atom. The maximum absolute atomic E-state index is 12.6. The molecule has 0 rings (SSSR count). The fraction of sp³-hybridized carbons (Fsp3) is 0.938. The van der Waals surface area contributed by atoms with Crippen molar-refractivity contribution in [1.29, 1.82) is 0 Å². The van der Waals surface area contributed by atoms with Gasteiger partial charge >= 0.3 is 5.97 Å². The molecule has 0 aliphatic carbocycles. The van der Waals surface area contributed by atoms with Crippen LogP contribution in [0.3, 0.4) is 0 Å².